The maximum absolute atomic E-state index is 7.64. The van der Waals surface area contributed by atoms with Crippen LogP contribution in [-0.4, -0.2) is 23.4 Å². The minimum Gasteiger partial charge on any atom is -0.384 e. The number of hydrogen-bond acceptors (Lipinski definition) is 2. The molecule has 0 fully saturated rings. The zero-order chi connectivity index (χ0) is 6.83. The van der Waals surface area contributed by atoms with Crippen LogP contribution in [0.25, 0.3) is 0 Å². The number of aliphatic hydroxyl groups is 2. The lowest BCUT2D eigenvalue weighted by Crippen LogP contribution is -1.64. The largest absolute Gasteiger partial charge is 0.384 e. The van der Waals surface area contributed by atoms with E-state index in [4.69, 9.17) is 10.2 Å². The first kappa shape index (κ1) is 10.1. The Bertz CT molecular complexity index is 80.1. The van der Waals surface area contributed by atoms with Crippen molar-refractivity contribution in [3.63, 3.8) is 0 Å². The molecule has 8 heavy (non-hydrogen) atoms. The zero-order valence-electron chi connectivity index (χ0n) is 4.46. The van der Waals surface area contributed by atoms with Crippen molar-refractivity contribution in [1.82, 2.24) is 0 Å². The van der Waals surface area contributed by atoms with Crippen LogP contribution in [0, 0.1) is 24.7 Å². The van der Waals surface area contributed by atoms with Crippen molar-refractivity contribution < 1.29 is 10.2 Å². The molecule has 0 aliphatic heterocycles. The fourth-order valence-corrected chi connectivity index (χ4v) is 0. The third-order valence-corrected chi connectivity index (χ3v) is 0.183. The lowest BCUT2D eigenvalue weighted by atomic mass is 10.8. The van der Waals surface area contributed by atoms with Crippen molar-refractivity contribution in [2.24, 2.45) is 0 Å². The van der Waals surface area contributed by atoms with E-state index in [1.165, 1.54) is 0 Å². The first-order valence-corrected chi connectivity index (χ1v) is 1.92. The van der Waals surface area contributed by atoms with Gasteiger partial charge >= 0.3 is 0 Å². The Morgan fingerprint density at radius 2 is 1.12 bits per heavy atom. The molecule has 2 heteroatoms. The Kier molecular flexibility index (Phi) is 21.0. The van der Waals surface area contributed by atoms with Gasteiger partial charge < -0.3 is 10.2 Å². The summed E-state index contributed by atoms with van der Waals surface area (Å²) < 4.78 is 0. The molecule has 2 N–H and O–H groups in total. The molecule has 0 unspecified atom stereocenters. The van der Waals surface area contributed by atoms with E-state index in [9.17, 15) is 0 Å². The molecule has 0 heterocycles. The van der Waals surface area contributed by atoms with Crippen LogP contribution in [0.5, 0.6) is 0 Å². The van der Waals surface area contributed by atoms with Crippen molar-refractivity contribution in [2.75, 3.05) is 13.2 Å². The van der Waals surface area contributed by atoms with Gasteiger partial charge in [0.2, 0.25) is 0 Å². The van der Waals surface area contributed by atoms with Crippen LogP contribution in [0.15, 0.2) is 0 Å². The molecule has 0 aromatic heterocycles. The second-order valence-electron chi connectivity index (χ2n) is 0.724. The average Bonchev–Trinajstić information content (AvgIpc) is 1.88. The van der Waals surface area contributed by atoms with Crippen LogP contribution in [0.2, 0.25) is 0 Å². The highest BCUT2D eigenvalue weighted by atomic mass is 16.3. The number of hydrogen-bond donors (Lipinski definition) is 2. The molecule has 0 aliphatic carbocycles. The van der Waals surface area contributed by atoms with E-state index in [0.717, 1.165) is 0 Å². The molecule has 0 bridgehead atoms. The van der Waals surface area contributed by atoms with Gasteiger partial charge in [0.15, 0.2) is 0 Å². The van der Waals surface area contributed by atoms with Gasteiger partial charge in [-0.1, -0.05) is 11.8 Å². The molecule has 0 radical (unpaired) electrons. The lowest BCUT2D eigenvalue weighted by molar-refractivity contribution is 0.350. The minimum absolute atomic E-state index is 0.153. The number of aliphatic hydroxyl groups excluding tert-OH is 2. The SMILES string of the molecule is C#CCO.C#CCO. The summed E-state index contributed by atoms with van der Waals surface area (Å²) in [5, 5.41) is 15.3. The van der Waals surface area contributed by atoms with Crippen LogP contribution in [0.1, 0.15) is 0 Å². The maximum Gasteiger partial charge on any atom is 0.103 e. The van der Waals surface area contributed by atoms with Gasteiger partial charge in [0.25, 0.3) is 0 Å². The monoisotopic (exact) mass is 112 g/mol. The molecule has 44 valence electrons. The third kappa shape index (κ3) is 76.1. The van der Waals surface area contributed by atoms with E-state index in [2.05, 4.69) is 12.8 Å². The fourth-order valence-electron chi connectivity index (χ4n) is 0. The van der Waals surface area contributed by atoms with Crippen molar-refractivity contribution in [1.29, 1.82) is 0 Å². The fraction of sp³-hybridized carbons (Fsp3) is 0.333. The Hall–Kier alpha value is -0.960. The second kappa shape index (κ2) is 16.6. The maximum atomic E-state index is 7.64. The van der Waals surface area contributed by atoms with Crippen molar-refractivity contribution in [2.45, 2.75) is 0 Å². The van der Waals surface area contributed by atoms with Gasteiger partial charge in [0.1, 0.15) is 13.2 Å². The summed E-state index contributed by atoms with van der Waals surface area (Å²) in [7, 11) is 0. The topological polar surface area (TPSA) is 40.5 Å². The van der Waals surface area contributed by atoms with Crippen molar-refractivity contribution in [3.8, 4) is 24.7 Å². The smallest absolute Gasteiger partial charge is 0.103 e. The van der Waals surface area contributed by atoms with E-state index < -0.39 is 0 Å². The van der Waals surface area contributed by atoms with Crippen LogP contribution in [0.4, 0.5) is 0 Å². The van der Waals surface area contributed by atoms with Gasteiger partial charge in [-0.25, -0.2) is 0 Å². The average molecular weight is 112 g/mol. The molecular formula is C6H8O2. The Morgan fingerprint density at radius 3 is 1.12 bits per heavy atom. The molecule has 0 aromatic rings. The quantitative estimate of drug-likeness (QED) is 0.404. The molecule has 0 aromatic carbocycles. The second-order valence-corrected chi connectivity index (χ2v) is 0.724. The minimum atomic E-state index is -0.153. The van der Waals surface area contributed by atoms with Crippen LogP contribution in [0.3, 0.4) is 0 Å². The van der Waals surface area contributed by atoms with Gasteiger partial charge in [-0.15, -0.1) is 12.8 Å². The third-order valence-electron chi connectivity index (χ3n) is 0.183. The highest BCUT2D eigenvalue weighted by molar-refractivity contribution is 4.81. The highest BCUT2D eigenvalue weighted by Gasteiger charge is 1.43. The van der Waals surface area contributed by atoms with Gasteiger partial charge in [0.05, 0.1) is 0 Å². The summed E-state index contributed by atoms with van der Waals surface area (Å²) in [6, 6.07) is 0. The molecule has 0 amide bonds. The Balaban J connectivity index is 0. The molecule has 2 nitrogen and oxygen atoms in total. The van der Waals surface area contributed by atoms with Crippen LogP contribution < -0.4 is 0 Å². The predicted molar refractivity (Wildman–Crippen MR) is 31.8 cm³/mol. The lowest BCUT2D eigenvalue weighted by Gasteiger charge is -1.55. The van der Waals surface area contributed by atoms with E-state index in [-0.39, 0.29) is 13.2 Å². The van der Waals surface area contributed by atoms with Crippen molar-refractivity contribution in [3.05, 3.63) is 0 Å². The molecule has 0 aliphatic rings. The molecule has 0 saturated heterocycles. The highest BCUT2D eigenvalue weighted by Crippen LogP contribution is 1.34. The summed E-state index contributed by atoms with van der Waals surface area (Å²) in [6.45, 7) is -0.306. The Labute approximate surface area is 49.2 Å². The van der Waals surface area contributed by atoms with Gasteiger partial charge in [-0.05, 0) is 0 Å². The number of terminal acetylenes is 2. The van der Waals surface area contributed by atoms with Gasteiger partial charge in [-0.2, -0.15) is 0 Å². The zero-order valence-corrected chi connectivity index (χ0v) is 4.46. The summed E-state index contributed by atoms with van der Waals surface area (Å²) in [5.41, 5.74) is 0. The van der Waals surface area contributed by atoms with Crippen molar-refractivity contribution >= 4 is 0 Å². The van der Waals surface area contributed by atoms with E-state index in [1.54, 1.807) is 0 Å². The molecule has 0 spiro atoms. The normalized spacial score (nSPS) is 5.00. The van der Waals surface area contributed by atoms with Crippen LogP contribution in [-0.2, 0) is 0 Å². The molecular weight excluding hydrogens is 104 g/mol. The molecule has 0 rings (SSSR count). The first-order valence-electron chi connectivity index (χ1n) is 1.92. The van der Waals surface area contributed by atoms with Gasteiger partial charge in [0, 0.05) is 0 Å². The summed E-state index contributed by atoms with van der Waals surface area (Å²) in [6.07, 6.45) is 9.06. The van der Waals surface area contributed by atoms with E-state index in [1.807, 2.05) is 11.8 Å². The van der Waals surface area contributed by atoms with Gasteiger partial charge in [-0.3, -0.25) is 0 Å². The molecule has 0 atom stereocenters. The standard InChI is InChI=1S/2C3H4O/c2*1-2-3-4/h2*1,4H,3H2. The molecule has 0 saturated carbocycles. The van der Waals surface area contributed by atoms with Crippen LogP contribution >= 0.6 is 0 Å². The Morgan fingerprint density at radius 1 is 1.00 bits per heavy atom. The summed E-state index contributed by atoms with van der Waals surface area (Å²) in [5.74, 6) is 3.97. The predicted octanol–water partition coefficient (Wildman–Crippen LogP) is -0.776. The number of rotatable bonds is 0. The first-order chi connectivity index (χ1) is 3.83. The summed E-state index contributed by atoms with van der Waals surface area (Å²) >= 11 is 0. The van der Waals surface area contributed by atoms with E-state index >= 15 is 0 Å². The van der Waals surface area contributed by atoms with E-state index in [0.29, 0.717) is 0 Å². The summed E-state index contributed by atoms with van der Waals surface area (Å²) in [4.78, 5) is 0.